The van der Waals surface area contributed by atoms with Crippen LogP contribution in [0.3, 0.4) is 0 Å². The molecule has 2 atom stereocenters. The van der Waals surface area contributed by atoms with E-state index in [2.05, 4.69) is 17.5 Å². The van der Waals surface area contributed by atoms with Gasteiger partial charge in [-0.25, -0.2) is 4.79 Å². The summed E-state index contributed by atoms with van der Waals surface area (Å²) in [6.45, 7) is 5.42. The Morgan fingerprint density at radius 3 is 2.34 bits per heavy atom. The van der Waals surface area contributed by atoms with Crippen LogP contribution in [0.5, 0.6) is 5.75 Å². The van der Waals surface area contributed by atoms with Gasteiger partial charge in [-0.1, -0.05) is 36.4 Å². The first-order chi connectivity index (χ1) is 15.3. The van der Waals surface area contributed by atoms with E-state index in [0.717, 1.165) is 23.1 Å². The second-order valence-corrected chi connectivity index (χ2v) is 8.71. The van der Waals surface area contributed by atoms with E-state index in [0.29, 0.717) is 17.7 Å². The first-order valence-electron chi connectivity index (χ1n) is 10.5. The number of amides is 1. The minimum atomic E-state index is -0.656. The SMILES string of the molecule is COc1ccc([C@H](NC(=O)OC(C)(C)C)[C@@H]2CCc3ccccc3C2=C(C#N)C#N)cc1. The summed E-state index contributed by atoms with van der Waals surface area (Å²) in [6, 6.07) is 18.9. The number of nitrogens with zero attached hydrogens (tertiary/aromatic N) is 2. The number of benzene rings is 2. The third-order valence-electron chi connectivity index (χ3n) is 5.45. The lowest BCUT2D eigenvalue weighted by atomic mass is 9.72. The molecule has 1 aliphatic rings. The van der Waals surface area contributed by atoms with Crippen molar-refractivity contribution in [2.75, 3.05) is 7.11 Å². The Morgan fingerprint density at radius 1 is 1.09 bits per heavy atom. The Kier molecular flexibility index (Phi) is 6.85. The highest BCUT2D eigenvalue weighted by Gasteiger charge is 2.35. The molecule has 3 rings (SSSR count). The number of alkyl carbamates (subject to hydrolysis) is 1. The van der Waals surface area contributed by atoms with Gasteiger partial charge in [0.2, 0.25) is 0 Å². The number of carbonyl (C=O) groups excluding carboxylic acids is 1. The second kappa shape index (κ2) is 9.58. The number of nitriles is 2. The molecule has 0 aliphatic heterocycles. The monoisotopic (exact) mass is 429 g/mol. The third kappa shape index (κ3) is 5.10. The molecule has 6 nitrogen and oxygen atoms in total. The maximum atomic E-state index is 12.8. The number of hydrogen-bond donors (Lipinski definition) is 1. The van der Waals surface area contributed by atoms with Gasteiger partial charge in [0, 0.05) is 5.92 Å². The van der Waals surface area contributed by atoms with Crippen molar-refractivity contribution in [3.63, 3.8) is 0 Å². The van der Waals surface area contributed by atoms with Crippen LogP contribution in [0.4, 0.5) is 4.79 Å². The van der Waals surface area contributed by atoms with Crippen molar-refractivity contribution >= 4 is 11.7 Å². The standard InChI is InChI=1S/C26H27N3O3/c1-26(2,3)32-25(30)29-24(18-9-12-20(31-4)13-10-18)22-14-11-17-7-5-6-8-21(17)23(22)19(15-27)16-28/h5-10,12-13,22,24H,11,14H2,1-4H3,(H,29,30)/t22-,24+/m1/s1. The molecule has 0 saturated carbocycles. The lowest BCUT2D eigenvalue weighted by molar-refractivity contribution is 0.0491. The fourth-order valence-corrected chi connectivity index (χ4v) is 4.12. The molecule has 1 N–H and O–H groups in total. The predicted molar refractivity (Wildman–Crippen MR) is 122 cm³/mol. The summed E-state index contributed by atoms with van der Waals surface area (Å²) < 4.78 is 10.8. The number of fused-ring (bicyclic) bond motifs is 1. The molecule has 2 aromatic rings. The number of allylic oxidation sites excluding steroid dienone is 1. The number of hydrogen-bond acceptors (Lipinski definition) is 5. The molecule has 0 bridgehead atoms. The van der Waals surface area contributed by atoms with E-state index in [9.17, 15) is 15.3 Å². The van der Waals surface area contributed by atoms with Crippen LogP contribution in [0, 0.1) is 28.6 Å². The van der Waals surface area contributed by atoms with Crippen molar-refractivity contribution in [2.24, 2.45) is 5.92 Å². The highest BCUT2D eigenvalue weighted by Crippen LogP contribution is 2.44. The Balaban J connectivity index is 2.11. The largest absolute Gasteiger partial charge is 0.497 e. The summed E-state index contributed by atoms with van der Waals surface area (Å²) >= 11 is 0. The highest BCUT2D eigenvalue weighted by molar-refractivity contribution is 5.81. The Labute approximate surface area is 189 Å². The molecule has 0 radical (unpaired) electrons. The molecule has 0 heterocycles. The minimum absolute atomic E-state index is 0.0617. The summed E-state index contributed by atoms with van der Waals surface area (Å²) in [6.07, 6.45) is 0.898. The second-order valence-electron chi connectivity index (χ2n) is 8.71. The van der Waals surface area contributed by atoms with Gasteiger partial charge >= 0.3 is 6.09 Å². The van der Waals surface area contributed by atoms with Crippen LogP contribution in [0.1, 0.15) is 49.9 Å². The van der Waals surface area contributed by atoms with Gasteiger partial charge in [-0.15, -0.1) is 0 Å². The van der Waals surface area contributed by atoms with Crippen molar-refractivity contribution in [2.45, 2.75) is 45.3 Å². The van der Waals surface area contributed by atoms with E-state index in [-0.39, 0.29) is 11.5 Å². The van der Waals surface area contributed by atoms with E-state index in [1.54, 1.807) is 27.9 Å². The summed E-state index contributed by atoms with van der Waals surface area (Å²) in [4.78, 5) is 12.8. The average molecular weight is 430 g/mol. The minimum Gasteiger partial charge on any atom is -0.497 e. The number of nitrogens with one attached hydrogen (secondary N) is 1. The summed E-state index contributed by atoms with van der Waals surface area (Å²) in [5, 5.41) is 22.4. The average Bonchev–Trinajstić information content (AvgIpc) is 2.77. The van der Waals surface area contributed by atoms with Gasteiger partial charge in [-0.2, -0.15) is 10.5 Å². The highest BCUT2D eigenvalue weighted by atomic mass is 16.6. The van der Waals surface area contributed by atoms with Crippen molar-refractivity contribution in [1.29, 1.82) is 10.5 Å². The van der Waals surface area contributed by atoms with Gasteiger partial charge in [0.25, 0.3) is 0 Å². The van der Waals surface area contributed by atoms with Crippen LogP contribution in [-0.4, -0.2) is 18.8 Å². The van der Waals surface area contributed by atoms with E-state index in [4.69, 9.17) is 9.47 Å². The predicted octanol–water partition coefficient (Wildman–Crippen LogP) is 5.32. The number of rotatable bonds is 4. The van der Waals surface area contributed by atoms with E-state index in [1.165, 1.54) is 0 Å². The molecule has 0 unspecified atom stereocenters. The number of carbonyl (C=O) groups is 1. The Hall–Kier alpha value is -3.77. The normalized spacial score (nSPS) is 16.1. The molecule has 0 fully saturated rings. The van der Waals surface area contributed by atoms with E-state index in [1.807, 2.05) is 48.5 Å². The van der Waals surface area contributed by atoms with Crippen molar-refractivity contribution in [3.8, 4) is 17.9 Å². The summed E-state index contributed by atoms with van der Waals surface area (Å²) in [5.74, 6) is 0.421. The zero-order valence-corrected chi connectivity index (χ0v) is 18.8. The van der Waals surface area contributed by atoms with Gasteiger partial charge < -0.3 is 14.8 Å². The fourth-order valence-electron chi connectivity index (χ4n) is 4.12. The lowest BCUT2D eigenvalue weighted by Gasteiger charge is -2.35. The lowest BCUT2D eigenvalue weighted by Crippen LogP contribution is -2.39. The van der Waals surface area contributed by atoms with Gasteiger partial charge in [-0.3, -0.25) is 0 Å². The fraction of sp³-hybridized carbons (Fsp3) is 0.346. The number of methoxy groups -OCH3 is 1. The topological polar surface area (TPSA) is 95.1 Å². The quantitative estimate of drug-likeness (QED) is 0.663. The van der Waals surface area contributed by atoms with Gasteiger partial charge in [0.15, 0.2) is 0 Å². The summed E-state index contributed by atoms with van der Waals surface area (Å²) in [5.41, 5.74) is 2.88. The first-order valence-corrected chi connectivity index (χ1v) is 10.5. The molecule has 1 aliphatic carbocycles. The smallest absolute Gasteiger partial charge is 0.408 e. The number of aryl methyl sites for hydroxylation is 1. The van der Waals surface area contributed by atoms with Crippen LogP contribution >= 0.6 is 0 Å². The van der Waals surface area contributed by atoms with Crippen LogP contribution in [0.15, 0.2) is 54.1 Å². The molecular formula is C26H27N3O3. The van der Waals surface area contributed by atoms with Crippen LogP contribution < -0.4 is 10.1 Å². The molecule has 0 saturated heterocycles. The Morgan fingerprint density at radius 2 is 1.75 bits per heavy atom. The van der Waals surface area contributed by atoms with Crippen LogP contribution in [0.25, 0.3) is 5.57 Å². The van der Waals surface area contributed by atoms with Crippen LogP contribution in [-0.2, 0) is 11.2 Å². The van der Waals surface area contributed by atoms with Gasteiger partial charge in [-0.05, 0) is 68.0 Å². The zero-order chi connectivity index (χ0) is 23.3. The molecule has 32 heavy (non-hydrogen) atoms. The van der Waals surface area contributed by atoms with E-state index >= 15 is 0 Å². The van der Waals surface area contributed by atoms with Gasteiger partial charge in [0.05, 0.1) is 13.2 Å². The van der Waals surface area contributed by atoms with Crippen molar-refractivity contribution in [1.82, 2.24) is 5.32 Å². The molecule has 164 valence electrons. The number of ether oxygens (including phenoxy) is 2. The van der Waals surface area contributed by atoms with Crippen molar-refractivity contribution in [3.05, 3.63) is 70.8 Å². The van der Waals surface area contributed by atoms with Crippen LogP contribution in [0.2, 0.25) is 0 Å². The van der Waals surface area contributed by atoms with Gasteiger partial charge in [0.1, 0.15) is 29.1 Å². The summed E-state index contributed by atoms with van der Waals surface area (Å²) in [7, 11) is 1.59. The maximum absolute atomic E-state index is 12.8. The first kappa shape index (κ1) is 22.9. The molecule has 0 aromatic heterocycles. The molecule has 6 heteroatoms. The molecule has 1 amide bonds. The molecule has 0 spiro atoms. The zero-order valence-electron chi connectivity index (χ0n) is 18.8. The third-order valence-corrected chi connectivity index (χ3v) is 5.45. The Bertz CT molecular complexity index is 1080. The molecule has 2 aromatic carbocycles. The maximum Gasteiger partial charge on any atom is 0.408 e. The molecular weight excluding hydrogens is 402 g/mol. The van der Waals surface area contributed by atoms with Crippen molar-refractivity contribution < 1.29 is 14.3 Å². The van der Waals surface area contributed by atoms with E-state index < -0.39 is 17.7 Å².